The van der Waals surface area contributed by atoms with E-state index in [1.54, 1.807) is 29.7 Å². The number of piperazine rings is 1. The van der Waals surface area contributed by atoms with Crippen molar-refractivity contribution < 1.29 is 23.8 Å². The first-order valence-electron chi connectivity index (χ1n) is 11.0. The third-order valence-electron chi connectivity index (χ3n) is 5.72. The van der Waals surface area contributed by atoms with E-state index >= 15 is 0 Å². The van der Waals surface area contributed by atoms with Crippen LogP contribution in [0.4, 0.5) is 0 Å². The molecule has 35 heavy (non-hydrogen) atoms. The Labute approximate surface area is 213 Å². The Kier molecular flexibility index (Phi) is 8.22. The molecule has 0 unspecified atom stereocenters. The van der Waals surface area contributed by atoms with Gasteiger partial charge in [0.15, 0.2) is 11.7 Å². The van der Waals surface area contributed by atoms with Crippen molar-refractivity contribution in [3.8, 4) is 22.1 Å². The molecule has 0 N–H and O–H groups in total. The number of hydrogen-bond acceptors (Lipinski definition) is 7. The molecule has 8 nitrogen and oxygen atoms in total. The van der Waals surface area contributed by atoms with E-state index in [2.05, 4.69) is 4.98 Å². The van der Waals surface area contributed by atoms with Gasteiger partial charge in [-0.05, 0) is 17.2 Å². The molecule has 3 heterocycles. The van der Waals surface area contributed by atoms with Crippen molar-refractivity contribution in [2.24, 2.45) is 0 Å². The van der Waals surface area contributed by atoms with Gasteiger partial charge in [-0.1, -0.05) is 35.9 Å². The topological polar surface area (TPSA) is 81.2 Å². The average Bonchev–Trinajstić information content (AvgIpc) is 3.30. The Hall–Kier alpha value is -3.14. The lowest BCUT2D eigenvalue weighted by molar-refractivity contribution is -0.155. The highest BCUT2D eigenvalue weighted by Crippen LogP contribution is 2.27. The summed E-state index contributed by atoms with van der Waals surface area (Å²) in [4.78, 5) is 33.6. The summed E-state index contributed by atoms with van der Waals surface area (Å²) in [6, 6.07) is 12.7. The summed E-state index contributed by atoms with van der Waals surface area (Å²) in [5, 5.41) is 2.86. The predicted molar refractivity (Wildman–Crippen MR) is 134 cm³/mol. The van der Waals surface area contributed by atoms with Crippen LogP contribution in [0.3, 0.4) is 0 Å². The molecule has 10 heteroatoms. The first-order valence-corrected chi connectivity index (χ1v) is 12.3. The van der Waals surface area contributed by atoms with Gasteiger partial charge in [0, 0.05) is 56.0 Å². The van der Waals surface area contributed by atoms with Crippen LogP contribution >= 0.6 is 22.9 Å². The molecule has 1 aromatic carbocycles. The van der Waals surface area contributed by atoms with Crippen LogP contribution in [0.5, 0.6) is 10.9 Å². The second-order valence-corrected chi connectivity index (χ2v) is 9.29. The van der Waals surface area contributed by atoms with Crippen LogP contribution in [-0.2, 0) is 20.9 Å². The zero-order chi connectivity index (χ0) is 24.8. The van der Waals surface area contributed by atoms with Crippen LogP contribution in [0.25, 0.3) is 11.1 Å². The quantitative estimate of drug-likeness (QED) is 0.432. The summed E-state index contributed by atoms with van der Waals surface area (Å²) < 4.78 is 15.9. The largest absolute Gasteiger partial charge is 0.481 e. The first-order chi connectivity index (χ1) is 17.0. The summed E-state index contributed by atoms with van der Waals surface area (Å²) in [5.41, 5.74) is 3.00. The van der Waals surface area contributed by atoms with Crippen molar-refractivity contribution in [2.45, 2.75) is 12.6 Å². The predicted octanol–water partition coefficient (Wildman–Crippen LogP) is 3.74. The molecule has 0 bridgehead atoms. The molecular weight excluding hydrogens is 490 g/mol. The normalized spacial score (nSPS) is 15.9. The van der Waals surface area contributed by atoms with Crippen LogP contribution in [0.15, 0.2) is 54.0 Å². The van der Waals surface area contributed by atoms with Gasteiger partial charge in [-0.15, -0.1) is 11.3 Å². The molecule has 0 radical (unpaired) electrons. The fourth-order valence-corrected chi connectivity index (χ4v) is 4.81. The minimum absolute atomic E-state index is 0.120. The van der Waals surface area contributed by atoms with E-state index in [1.807, 2.05) is 36.4 Å². The maximum atomic E-state index is 13.2. The standard InChI is InChI=1S/C25H26ClN3O5S/c1-32-14-21-25(31)28(9-10-29(21)23(30)15-34-24-11-20(26)16-35-24)13-17-3-5-18(6-4-17)19-7-8-22(33-2)27-12-19/h3-8,11-12,16,21H,9-10,13-15H2,1-2H3/t21-/m0/s1. The molecule has 0 spiro atoms. The summed E-state index contributed by atoms with van der Waals surface area (Å²) >= 11 is 7.22. The van der Waals surface area contributed by atoms with Gasteiger partial charge in [0.1, 0.15) is 6.04 Å². The number of methoxy groups -OCH3 is 2. The number of amides is 2. The smallest absolute Gasteiger partial charge is 0.261 e. The minimum Gasteiger partial charge on any atom is -0.481 e. The van der Waals surface area contributed by atoms with Crippen LogP contribution in [0, 0.1) is 0 Å². The molecule has 1 aliphatic rings. The number of carbonyl (C=O) groups is 2. The second-order valence-electron chi connectivity index (χ2n) is 7.98. The van der Waals surface area contributed by atoms with E-state index in [9.17, 15) is 9.59 Å². The van der Waals surface area contributed by atoms with Crippen LogP contribution in [0.2, 0.25) is 5.02 Å². The number of ether oxygens (including phenoxy) is 3. The Bertz CT molecular complexity index is 1150. The molecule has 2 amide bonds. The van der Waals surface area contributed by atoms with Gasteiger partial charge in [0.25, 0.3) is 5.91 Å². The van der Waals surface area contributed by atoms with Gasteiger partial charge in [-0.25, -0.2) is 4.98 Å². The van der Waals surface area contributed by atoms with E-state index < -0.39 is 6.04 Å². The van der Waals surface area contributed by atoms with Crippen LogP contribution in [-0.4, -0.2) is 73.2 Å². The van der Waals surface area contributed by atoms with Crippen molar-refractivity contribution in [3.05, 3.63) is 64.6 Å². The number of carbonyl (C=O) groups excluding carboxylic acids is 2. The number of nitrogens with zero attached hydrogens (tertiary/aromatic N) is 3. The van der Waals surface area contributed by atoms with Gasteiger partial charge in [0.05, 0.1) is 18.7 Å². The Morgan fingerprint density at radius 3 is 2.54 bits per heavy atom. The summed E-state index contributed by atoms with van der Waals surface area (Å²) in [6.07, 6.45) is 1.76. The average molecular weight is 516 g/mol. The number of hydrogen-bond donors (Lipinski definition) is 0. The van der Waals surface area contributed by atoms with Crippen molar-refractivity contribution in [1.82, 2.24) is 14.8 Å². The highest BCUT2D eigenvalue weighted by Gasteiger charge is 2.37. The highest BCUT2D eigenvalue weighted by atomic mass is 35.5. The summed E-state index contributed by atoms with van der Waals surface area (Å²) in [6.45, 7) is 1.25. The zero-order valence-electron chi connectivity index (χ0n) is 19.5. The highest BCUT2D eigenvalue weighted by molar-refractivity contribution is 7.12. The van der Waals surface area contributed by atoms with Crippen LogP contribution < -0.4 is 9.47 Å². The van der Waals surface area contributed by atoms with Gasteiger partial charge < -0.3 is 24.0 Å². The van der Waals surface area contributed by atoms with Crippen LogP contribution in [0.1, 0.15) is 5.56 Å². The molecule has 1 atom stereocenters. The molecule has 4 rings (SSSR count). The van der Waals surface area contributed by atoms with Gasteiger partial charge in [-0.3, -0.25) is 9.59 Å². The maximum absolute atomic E-state index is 13.2. The number of halogens is 1. The lowest BCUT2D eigenvalue weighted by Gasteiger charge is -2.40. The SMILES string of the molecule is COC[C@H]1C(=O)N(Cc2ccc(-c3ccc(OC)nc3)cc2)CCN1C(=O)COc1cc(Cl)cs1. The molecule has 1 fully saturated rings. The van der Waals surface area contributed by atoms with E-state index in [0.29, 0.717) is 35.6 Å². The summed E-state index contributed by atoms with van der Waals surface area (Å²) in [7, 11) is 3.10. The molecular formula is C25H26ClN3O5S. The number of thiophene rings is 1. The molecule has 1 aliphatic heterocycles. The molecule has 0 saturated carbocycles. The monoisotopic (exact) mass is 515 g/mol. The lowest BCUT2D eigenvalue weighted by atomic mass is 10.0. The van der Waals surface area contributed by atoms with E-state index in [-0.39, 0.29) is 25.0 Å². The number of pyridine rings is 1. The van der Waals surface area contributed by atoms with E-state index in [1.165, 1.54) is 23.3 Å². The van der Waals surface area contributed by atoms with Crippen molar-refractivity contribution in [3.63, 3.8) is 0 Å². The van der Waals surface area contributed by atoms with Crippen molar-refractivity contribution >= 4 is 34.8 Å². The number of benzene rings is 1. The Morgan fingerprint density at radius 1 is 1.14 bits per heavy atom. The summed E-state index contributed by atoms with van der Waals surface area (Å²) in [5.74, 6) is 0.158. The fourth-order valence-electron chi connectivity index (χ4n) is 3.89. The third kappa shape index (κ3) is 6.11. The van der Waals surface area contributed by atoms with Crippen molar-refractivity contribution in [2.75, 3.05) is 40.5 Å². The zero-order valence-corrected chi connectivity index (χ0v) is 21.1. The van der Waals surface area contributed by atoms with E-state index in [0.717, 1.165) is 16.7 Å². The molecule has 3 aromatic rings. The second kappa shape index (κ2) is 11.5. The maximum Gasteiger partial charge on any atom is 0.261 e. The third-order valence-corrected chi connectivity index (χ3v) is 6.90. The molecule has 0 aliphatic carbocycles. The molecule has 1 saturated heterocycles. The van der Waals surface area contributed by atoms with Gasteiger partial charge in [-0.2, -0.15) is 0 Å². The first kappa shape index (κ1) is 25.0. The van der Waals surface area contributed by atoms with Gasteiger partial charge >= 0.3 is 0 Å². The lowest BCUT2D eigenvalue weighted by Crippen LogP contribution is -2.60. The number of rotatable bonds is 9. The molecule has 2 aromatic heterocycles. The fraction of sp³-hybridized carbons (Fsp3) is 0.320. The van der Waals surface area contributed by atoms with Gasteiger partial charge in [0.2, 0.25) is 11.8 Å². The van der Waals surface area contributed by atoms with E-state index in [4.69, 9.17) is 25.8 Å². The Morgan fingerprint density at radius 2 is 1.91 bits per heavy atom. The number of aromatic nitrogens is 1. The minimum atomic E-state index is -0.693. The van der Waals surface area contributed by atoms with Crippen molar-refractivity contribution in [1.29, 1.82) is 0 Å². The Balaban J connectivity index is 1.38. The molecule has 184 valence electrons.